The summed E-state index contributed by atoms with van der Waals surface area (Å²) in [7, 11) is -4.85. The lowest BCUT2D eigenvalue weighted by Crippen LogP contribution is -2.37. The van der Waals surface area contributed by atoms with E-state index in [1.54, 1.807) is 0 Å². The van der Waals surface area contributed by atoms with Crippen LogP contribution in [0.15, 0.2) is 431 Å². The van der Waals surface area contributed by atoms with Crippen molar-refractivity contribution in [1.29, 1.82) is 10.5 Å². The highest BCUT2D eigenvalue weighted by Crippen LogP contribution is 2.70. The zero-order valence-electron chi connectivity index (χ0n) is 78.1. The Morgan fingerprint density at radius 1 is 0.248 bits per heavy atom. The maximum atomic E-state index is 10.1. The Morgan fingerprint density at radius 2 is 0.496 bits per heavy atom. The summed E-state index contributed by atoms with van der Waals surface area (Å²) in [6, 6.07) is 162. The molecule has 0 saturated heterocycles. The molecule has 20 aromatic carbocycles. The summed E-state index contributed by atoms with van der Waals surface area (Å²) in [4.78, 5) is 16.0. The fourth-order valence-corrected chi connectivity index (χ4v) is 26.0. The largest absolute Gasteiger partial charge is 0.310 e. The Hall–Kier alpha value is -16.4. The maximum absolute atomic E-state index is 10.1. The first-order valence-corrected chi connectivity index (χ1v) is 57.8. The summed E-state index contributed by atoms with van der Waals surface area (Å²) < 4.78 is 0. The van der Waals surface area contributed by atoms with Gasteiger partial charge in [0.15, 0.2) is 5.69 Å². The number of rotatable bonds is 14. The summed E-state index contributed by atoms with van der Waals surface area (Å²) in [5.41, 5.74) is 31.3. The minimum absolute atomic E-state index is 0. The average Bonchev–Trinajstić information content (AvgIpc) is 1.51. The van der Waals surface area contributed by atoms with E-state index in [1.165, 1.54) is 115 Å². The molecule has 141 heavy (non-hydrogen) atoms. The number of hydrogen-bond donors (Lipinski definition) is 0. The first-order valence-electron chi connectivity index (χ1n) is 47.3. The predicted molar refractivity (Wildman–Crippen MR) is 610 cm³/mol. The molecule has 0 bridgehead atoms. The summed E-state index contributed by atoms with van der Waals surface area (Å²) in [6.07, 6.45) is 0. The highest BCUT2D eigenvalue weighted by Gasteiger charge is 2.56. The van der Waals surface area contributed by atoms with Crippen molar-refractivity contribution in [3.8, 4) is 34.4 Å². The Labute approximate surface area is 834 Å². The van der Waals surface area contributed by atoms with Gasteiger partial charge in [0.25, 0.3) is 0 Å². The number of para-hydroxylation sites is 6. The van der Waals surface area contributed by atoms with Gasteiger partial charge < -0.3 is 24.5 Å². The third-order valence-electron chi connectivity index (χ3n) is 28.8. The molecule has 2 aliphatic carbocycles. The van der Waals surface area contributed by atoms with Gasteiger partial charge >= 0.3 is 0 Å². The highest BCUT2D eigenvalue weighted by molar-refractivity contribution is 6.89. The molecule has 0 aromatic heterocycles. The zero-order valence-corrected chi connectivity index (χ0v) is 81.1. The van der Waals surface area contributed by atoms with E-state index in [4.69, 9.17) is 6.57 Å². The van der Waals surface area contributed by atoms with Crippen LogP contribution in [0.1, 0.15) is 85.3 Å². The van der Waals surface area contributed by atoms with Crippen LogP contribution >= 0.6 is 0 Å². The summed E-state index contributed by atoms with van der Waals surface area (Å²) >= 11 is 0. The van der Waals surface area contributed by atoms with Crippen molar-refractivity contribution in [3.63, 3.8) is 0 Å². The van der Waals surface area contributed by atoms with E-state index < -0.39 is 35.1 Å². The van der Waals surface area contributed by atoms with Gasteiger partial charge in [0.05, 0.1) is 105 Å². The van der Waals surface area contributed by atoms with Crippen molar-refractivity contribution in [2.24, 2.45) is 0 Å². The summed E-state index contributed by atoms with van der Waals surface area (Å²) in [6.45, 7) is 29.5. The fourth-order valence-electron chi connectivity index (χ4n) is 22.5. The SMILES string of the molecule is C.C.C.C.C[Si](C)(C)c1ccc(N(c2ccc(C#N)cc2)c2cc3c(c4ccccc24)-c2c(ccc4ccccc24)C32c3ccccc3N(c3ccccc3)c3ccccc32)cc1.[C-]#[N+]c1ccc(N(c2ccc([Si](C)(C)C)cc2)c2cc3c(c4ccccc24)-c2c(cc(N(c4ccc(C#N)cc4)c4ccc([Si](C)(C)C)cc4)c4ccccc24)C32c3ccccc3N(c3ccccc3)c3ccccc32)cc1. The summed E-state index contributed by atoms with van der Waals surface area (Å²) in [5, 5.41) is 33.6. The Kier molecular flexibility index (Phi) is 24.2. The molecule has 0 atom stereocenters. The quantitative estimate of drug-likeness (QED) is 0.0794. The molecular weight excluding hydrogens is 1760 g/mol. The average molecular weight is 1870 g/mol. The normalized spacial score (nSPS) is 12.8. The standard InChI is InChI=1S/C71H57N5Si2.C55H41N3Si.4CH4/c1-73-49-31-35-52(36-32-49)75(54-39-43-56(44-40-54)78(5,6)7)68-46-64-70(60-24-14-12-22-58(60)68)69-59-23-13-11-21-57(59)67(74(51-33-29-48(47-72)30-34-51)53-37-41-55(42-38-53)77(2,3)4)45-63(69)71(64)61-25-15-17-27-65(61)76(50-19-9-8-10-20-50)66-28-18-16-26-62(66)71;1-59(2,3)42-32-30-41(31-33-42)57(40-28-25-37(36-56)26-29-40)52-35-49-54(45-20-10-9-19-44(45)52)53-43-18-8-7-15-38(43)27-34-48(53)55(49)46-21-11-13-23-50(46)58(39-16-5-4-6-17-39)51-24-14-12-22-47(51)55;;;;/h8-46H,2-7H3;4-35H,1-3H3;4*1H4. The lowest BCUT2D eigenvalue weighted by atomic mass is 9.64. The smallest absolute Gasteiger partial charge is 0.187 e. The first kappa shape index (κ1) is 93.6. The van der Waals surface area contributed by atoms with Crippen LogP contribution in [-0.2, 0) is 10.8 Å². The van der Waals surface area contributed by atoms with E-state index in [0.29, 0.717) is 16.8 Å². The number of fused-ring (bicyclic) bond motifs is 26. The van der Waals surface area contributed by atoms with Gasteiger partial charge in [0.2, 0.25) is 0 Å². The van der Waals surface area contributed by atoms with Crippen LogP contribution in [0.4, 0.5) is 91.0 Å². The Bertz CT molecular complexity index is 8060. The second-order valence-corrected chi connectivity index (χ2v) is 54.8. The number of anilines is 15. The second-order valence-electron chi connectivity index (χ2n) is 39.6. The minimum Gasteiger partial charge on any atom is -0.310 e. The number of nitrogens with zero attached hydrogens (tertiary/aromatic N) is 8. The van der Waals surface area contributed by atoms with E-state index >= 15 is 0 Å². The van der Waals surface area contributed by atoms with Gasteiger partial charge in [-0.2, -0.15) is 10.5 Å². The van der Waals surface area contributed by atoms with E-state index in [9.17, 15) is 10.5 Å². The molecule has 2 heterocycles. The molecular formula is C130H114N8Si3. The number of nitriles is 2. The van der Waals surface area contributed by atoms with Gasteiger partial charge in [-0.05, 0) is 257 Å². The van der Waals surface area contributed by atoms with Crippen molar-refractivity contribution in [2.75, 3.05) is 24.5 Å². The van der Waals surface area contributed by atoms with Gasteiger partial charge in [0, 0.05) is 61.7 Å². The first-order chi connectivity index (χ1) is 66.8. The van der Waals surface area contributed by atoms with Crippen LogP contribution in [0.2, 0.25) is 58.9 Å². The highest BCUT2D eigenvalue weighted by atomic mass is 28.3. The topological polar surface area (TPSA) is 68.1 Å². The van der Waals surface area contributed by atoms with Crippen LogP contribution in [0, 0.1) is 29.2 Å². The molecule has 0 N–H and O–H groups in total. The molecule has 0 unspecified atom stereocenters. The third kappa shape index (κ3) is 15.0. The van der Waals surface area contributed by atoms with Crippen molar-refractivity contribution in [2.45, 2.75) is 99.5 Å². The van der Waals surface area contributed by atoms with Crippen molar-refractivity contribution < 1.29 is 0 Å². The molecule has 2 aliphatic heterocycles. The lowest BCUT2D eigenvalue weighted by Gasteiger charge is -2.45. The molecule has 24 rings (SSSR count). The van der Waals surface area contributed by atoms with E-state index in [1.807, 2.05) is 36.4 Å². The van der Waals surface area contributed by atoms with Crippen molar-refractivity contribution in [3.05, 3.63) is 498 Å². The fraction of sp³-hybridized carbons (Fsp3) is 0.115. The van der Waals surface area contributed by atoms with E-state index in [0.717, 1.165) is 95.5 Å². The number of hydrogen-bond acceptors (Lipinski definition) is 7. The molecule has 0 amide bonds. The maximum Gasteiger partial charge on any atom is 0.187 e. The van der Waals surface area contributed by atoms with Crippen LogP contribution in [0.3, 0.4) is 0 Å². The van der Waals surface area contributed by atoms with Crippen molar-refractivity contribution >= 4 is 174 Å². The molecule has 11 heteroatoms. The van der Waals surface area contributed by atoms with Gasteiger partial charge in [-0.15, -0.1) is 0 Å². The van der Waals surface area contributed by atoms with E-state index in [2.05, 4.69) is 495 Å². The summed E-state index contributed by atoms with van der Waals surface area (Å²) in [5.74, 6) is 0. The Morgan fingerprint density at radius 3 is 0.794 bits per heavy atom. The molecule has 8 nitrogen and oxygen atoms in total. The predicted octanol–water partition coefficient (Wildman–Crippen LogP) is 35.2. The van der Waals surface area contributed by atoms with Crippen LogP contribution in [0.5, 0.6) is 0 Å². The molecule has 4 aliphatic rings. The zero-order chi connectivity index (χ0) is 93.4. The van der Waals surface area contributed by atoms with Crippen molar-refractivity contribution in [1.82, 2.24) is 0 Å². The molecule has 0 fully saturated rings. The molecule has 0 radical (unpaired) electrons. The molecule has 686 valence electrons. The van der Waals surface area contributed by atoms with E-state index in [-0.39, 0.29) is 29.7 Å². The minimum atomic E-state index is -1.65. The van der Waals surface area contributed by atoms with Crippen LogP contribution in [-0.4, -0.2) is 24.2 Å². The van der Waals surface area contributed by atoms with Gasteiger partial charge in [-0.1, -0.05) is 371 Å². The van der Waals surface area contributed by atoms with Gasteiger partial charge in [-0.25, -0.2) is 4.85 Å². The second kappa shape index (κ2) is 36.5. The van der Waals surface area contributed by atoms with Crippen LogP contribution < -0.4 is 40.1 Å². The molecule has 0 saturated carbocycles. The molecule has 2 spiro atoms. The lowest BCUT2D eigenvalue weighted by molar-refractivity contribution is 0.753. The van der Waals surface area contributed by atoms with Gasteiger partial charge in [0.1, 0.15) is 0 Å². The third-order valence-corrected chi connectivity index (χ3v) is 35.0. The number of benzene rings is 20. The Balaban J connectivity index is 0.000000180. The van der Waals surface area contributed by atoms with Crippen LogP contribution in [0.25, 0.3) is 70.2 Å². The van der Waals surface area contributed by atoms with Gasteiger partial charge in [-0.3, -0.25) is 0 Å². The monoisotopic (exact) mass is 1870 g/mol. The molecule has 20 aromatic rings.